The molecule has 1 heterocycles. The Hall–Kier alpha value is 0.310. The van der Waals surface area contributed by atoms with E-state index in [2.05, 4.69) is 24.0 Å². The molecule has 0 aromatic heterocycles. The van der Waals surface area contributed by atoms with Crippen LogP contribution in [0, 0.1) is 0 Å². The van der Waals surface area contributed by atoms with Gasteiger partial charge in [-0.25, -0.2) is 0 Å². The van der Waals surface area contributed by atoms with Crippen LogP contribution in [0.1, 0.15) is 19.8 Å². The third-order valence-corrected chi connectivity index (χ3v) is 2.86. The van der Waals surface area contributed by atoms with Gasteiger partial charge in [-0.05, 0) is 25.1 Å². The van der Waals surface area contributed by atoms with Gasteiger partial charge >= 0.3 is 0 Å². The Bertz CT molecular complexity index is 66.6. The van der Waals surface area contributed by atoms with Crippen LogP contribution in [0.15, 0.2) is 0 Å². The van der Waals surface area contributed by atoms with E-state index >= 15 is 0 Å². The minimum absolute atomic E-state index is 0.906. The van der Waals surface area contributed by atoms with E-state index in [4.69, 9.17) is 0 Å². The zero-order valence-electron chi connectivity index (χ0n) is 6.02. The summed E-state index contributed by atoms with van der Waals surface area (Å²) in [4.78, 5) is 0. The van der Waals surface area contributed by atoms with E-state index in [9.17, 15) is 0 Å². The maximum absolute atomic E-state index is 3.40. The average Bonchev–Trinajstić information content (AvgIpc) is 1.91. The van der Waals surface area contributed by atoms with Crippen molar-refractivity contribution in [1.82, 2.24) is 5.32 Å². The molecule has 1 fully saturated rings. The predicted molar refractivity (Wildman–Crippen MR) is 44.0 cm³/mol. The lowest BCUT2D eigenvalue weighted by Crippen LogP contribution is -2.31. The molecule has 0 saturated carbocycles. The van der Waals surface area contributed by atoms with Crippen LogP contribution in [0.25, 0.3) is 0 Å². The zero-order chi connectivity index (χ0) is 6.53. The molecule has 1 rings (SSSR count). The third kappa shape index (κ3) is 2.59. The van der Waals surface area contributed by atoms with Crippen molar-refractivity contribution < 1.29 is 0 Å². The molecule has 0 aromatic rings. The first-order valence-electron chi connectivity index (χ1n) is 3.76. The Morgan fingerprint density at radius 3 is 3.11 bits per heavy atom. The molecule has 1 aliphatic heterocycles. The summed E-state index contributed by atoms with van der Waals surface area (Å²) in [5.74, 6) is 1.27. The van der Waals surface area contributed by atoms with Gasteiger partial charge in [0.05, 0.1) is 0 Å². The molecule has 1 atom stereocenters. The van der Waals surface area contributed by atoms with Crippen LogP contribution in [0.2, 0.25) is 0 Å². The van der Waals surface area contributed by atoms with Gasteiger partial charge < -0.3 is 5.32 Å². The van der Waals surface area contributed by atoms with Crippen molar-refractivity contribution in [1.29, 1.82) is 0 Å². The molecule has 1 nitrogen and oxygen atoms in total. The number of piperidine rings is 1. The first-order chi connectivity index (χ1) is 4.43. The van der Waals surface area contributed by atoms with Crippen LogP contribution in [0.4, 0.5) is 0 Å². The molecule has 0 amide bonds. The zero-order valence-corrected chi connectivity index (χ0v) is 6.84. The quantitative estimate of drug-likeness (QED) is 0.632. The smallest absolute Gasteiger partial charge is 0.0172 e. The van der Waals surface area contributed by atoms with Gasteiger partial charge in [-0.1, -0.05) is 6.92 Å². The summed E-state index contributed by atoms with van der Waals surface area (Å²) in [5, 5.41) is 4.31. The van der Waals surface area contributed by atoms with Crippen molar-refractivity contribution in [3.05, 3.63) is 0 Å². The van der Waals surface area contributed by atoms with Gasteiger partial charge in [0.2, 0.25) is 0 Å². The fraction of sp³-hybridized carbons (Fsp3) is 1.00. The minimum Gasteiger partial charge on any atom is -0.316 e. The molecule has 0 radical (unpaired) electrons. The lowest BCUT2D eigenvalue weighted by atomic mass is 10.2. The number of hydrogen-bond acceptors (Lipinski definition) is 2. The third-order valence-electron chi connectivity index (χ3n) is 1.65. The second-order valence-corrected chi connectivity index (χ2v) is 4.00. The van der Waals surface area contributed by atoms with E-state index in [1.807, 2.05) is 0 Å². The molecule has 9 heavy (non-hydrogen) atoms. The maximum Gasteiger partial charge on any atom is 0.0172 e. The maximum atomic E-state index is 3.40. The van der Waals surface area contributed by atoms with Crippen molar-refractivity contribution in [2.75, 3.05) is 18.8 Å². The van der Waals surface area contributed by atoms with E-state index in [0.29, 0.717) is 0 Å². The average molecular weight is 145 g/mol. The largest absolute Gasteiger partial charge is 0.316 e. The van der Waals surface area contributed by atoms with Crippen LogP contribution in [-0.2, 0) is 0 Å². The summed E-state index contributed by atoms with van der Waals surface area (Å²) in [6.45, 7) is 4.71. The van der Waals surface area contributed by atoms with Crippen molar-refractivity contribution in [3.63, 3.8) is 0 Å². The number of hydrogen-bond donors (Lipinski definition) is 1. The highest BCUT2D eigenvalue weighted by molar-refractivity contribution is 7.99. The number of rotatable bonds is 2. The highest BCUT2D eigenvalue weighted by Gasteiger charge is 2.10. The Labute approximate surface area is 61.6 Å². The van der Waals surface area contributed by atoms with Gasteiger partial charge in [-0.3, -0.25) is 0 Å². The summed E-state index contributed by atoms with van der Waals surface area (Å²) < 4.78 is 0. The monoisotopic (exact) mass is 145 g/mol. The minimum atomic E-state index is 0.906. The first-order valence-corrected chi connectivity index (χ1v) is 4.80. The van der Waals surface area contributed by atoms with E-state index < -0.39 is 0 Å². The van der Waals surface area contributed by atoms with Gasteiger partial charge in [0.1, 0.15) is 0 Å². The van der Waals surface area contributed by atoms with E-state index in [-0.39, 0.29) is 0 Å². The first kappa shape index (κ1) is 7.42. The second-order valence-electron chi connectivity index (χ2n) is 2.42. The molecule has 2 heteroatoms. The predicted octanol–water partition coefficient (Wildman–Crippen LogP) is 1.49. The van der Waals surface area contributed by atoms with Gasteiger partial charge in [0.15, 0.2) is 0 Å². The highest BCUT2D eigenvalue weighted by atomic mass is 32.2. The van der Waals surface area contributed by atoms with Crippen LogP contribution in [0.3, 0.4) is 0 Å². The summed E-state index contributed by atoms with van der Waals surface area (Å²) >= 11 is 2.09. The number of thioether (sulfide) groups is 1. The van der Waals surface area contributed by atoms with Crippen molar-refractivity contribution in [2.45, 2.75) is 25.0 Å². The van der Waals surface area contributed by atoms with Crippen molar-refractivity contribution in [2.24, 2.45) is 0 Å². The molecule has 0 bridgehead atoms. The molecule has 1 saturated heterocycles. The Balaban J connectivity index is 2.08. The van der Waals surface area contributed by atoms with Gasteiger partial charge in [0.25, 0.3) is 0 Å². The summed E-state index contributed by atoms with van der Waals surface area (Å²) in [6, 6.07) is 0. The normalized spacial score (nSPS) is 28.3. The molecule has 0 spiro atoms. The second kappa shape index (κ2) is 4.18. The molecule has 1 N–H and O–H groups in total. The lowest BCUT2D eigenvalue weighted by molar-refractivity contribution is 0.531. The molecule has 54 valence electrons. The molecule has 0 aromatic carbocycles. The Morgan fingerprint density at radius 2 is 2.56 bits per heavy atom. The van der Waals surface area contributed by atoms with E-state index in [0.717, 1.165) is 5.25 Å². The fourth-order valence-corrected chi connectivity index (χ4v) is 2.24. The molecule has 1 unspecified atom stereocenters. The topological polar surface area (TPSA) is 12.0 Å². The molecular formula is C7H15NS. The lowest BCUT2D eigenvalue weighted by Gasteiger charge is -2.21. The molecule has 1 aliphatic rings. The summed E-state index contributed by atoms with van der Waals surface area (Å²) in [6.07, 6.45) is 2.79. The fourth-order valence-electron chi connectivity index (χ4n) is 1.20. The van der Waals surface area contributed by atoms with Crippen LogP contribution >= 0.6 is 11.8 Å². The van der Waals surface area contributed by atoms with E-state index in [1.165, 1.54) is 31.7 Å². The Kier molecular flexibility index (Phi) is 3.44. The molecular weight excluding hydrogens is 130 g/mol. The standard InChI is InChI=1S/C7H15NS/c1-2-9-7-4-3-5-8-6-7/h7-8H,2-6H2,1H3. The SMILES string of the molecule is CCSC1CCCNC1. The van der Waals surface area contributed by atoms with Crippen LogP contribution in [0.5, 0.6) is 0 Å². The summed E-state index contributed by atoms with van der Waals surface area (Å²) in [7, 11) is 0. The van der Waals surface area contributed by atoms with Crippen LogP contribution < -0.4 is 5.32 Å². The van der Waals surface area contributed by atoms with Gasteiger partial charge in [-0.15, -0.1) is 0 Å². The highest BCUT2D eigenvalue weighted by Crippen LogP contribution is 2.17. The van der Waals surface area contributed by atoms with Crippen LogP contribution in [-0.4, -0.2) is 24.1 Å². The Morgan fingerprint density at radius 1 is 1.67 bits per heavy atom. The molecule has 0 aliphatic carbocycles. The van der Waals surface area contributed by atoms with Crippen molar-refractivity contribution >= 4 is 11.8 Å². The van der Waals surface area contributed by atoms with Crippen molar-refractivity contribution in [3.8, 4) is 0 Å². The summed E-state index contributed by atoms with van der Waals surface area (Å²) in [5.41, 5.74) is 0. The van der Waals surface area contributed by atoms with Gasteiger partial charge in [0, 0.05) is 11.8 Å². The number of nitrogens with one attached hydrogen (secondary N) is 1. The van der Waals surface area contributed by atoms with Gasteiger partial charge in [-0.2, -0.15) is 11.8 Å². The van der Waals surface area contributed by atoms with E-state index in [1.54, 1.807) is 0 Å².